The zero-order valence-electron chi connectivity index (χ0n) is 5.73. The standard InChI is InChI=1S/C8H6N2O/c11-7-2-5-10-4-1-3-9-8(10)6-7/h2-6,11H. The van der Waals surface area contributed by atoms with Crippen molar-refractivity contribution in [3.63, 3.8) is 0 Å². The Kier molecular flexibility index (Phi) is 1.17. The van der Waals surface area contributed by atoms with E-state index in [1.807, 2.05) is 0 Å². The van der Waals surface area contributed by atoms with Gasteiger partial charge in [-0.1, -0.05) is 5.73 Å². The molecule has 0 saturated heterocycles. The molecule has 11 heavy (non-hydrogen) atoms. The van der Waals surface area contributed by atoms with Gasteiger partial charge < -0.3 is 10.0 Å². The molecule has 54 valence electrons. The van der Waals surface area contributed by atoms with Crippen molar-refractivity contribution in [3.8, 4) is 0 Å². The van der Waals surface area contributed by atoms with Crippen LogP contribution in [0.15, 0.2) is 47.2 Å². The van der Waals surface area contributed by atoms with E-state index in [9.17, 15) is 0 Å². The monoisotopic (exact) mass is 146 g/mol. The maximum atomic E-state index is 9.07. The lowest BCUT2D eigenvalue weighted by Gasteiger charge is -2.18. The number of aliphatic hydroxyl groups excluding tert-OH is 1. The summed E-state index contributed by atoms with van der Waals surface area (Å²) in [5.41, 5.74) is 2.83. The first-order chi connectivity index (χ1) is 5.36. The molecule has 0 bridgehead atoms. The van der Waals surface area contributed by atoms with Gasteiger partial charge in [-0.05, 0) is 6.08 Å². The van der Waals surface area contributed by atoms with Crippen LogP contribution in [0.3, 0.4) is 0 Å². The predicted molar refractivity (Wildman–Crippen MR) is 41.8 cm³/mol. The van der Waals surface area contributed by atoms with Crippen LogP contribution in [0.1, 0.15) is 0 Å². The van der Waals surface area contributed by atoms with Crippen molar-refractivity contribution in [1.82, 2.24) is 4.90 Å². The largest absolute Gasteiger partial charge is 0.508 e. The molecule has 2 aliphatic heterocycles. The van der Waals surface area contributed by atoms with E-state index in [-0.39, 0.29) is 5.76 Å². The lowest BCUT2D eigenvalue weighted by molar-refractivity contribution is 0.429. The summed E-state index contributed by atoms with van der Waals surface area (Å²) in [6.45, 7) is 0. The second-order valence-corrected chi connectivity index (χ2v) is 2.20. The minimum absolute atomic E-state index is 0.226. The van der Waals surface area contributed by atoms with E-state index >= 15 is 0 Å². The summed E-state index contributed by atoms with van der Waals surface area (Å²) in [5.74, 6) is 0.937. The molecule has 0 unspecified atom stereocenters. The molecular weight excluding hydrogens is 140 g/mol. The first-order valence-electron chi connectivity index (χ1n) is 3.22. The second kappa shape index (κ2) is 2.15. The average molecular weight is 146 g/mol. The summed E-state index contributed by atoms with van der Waals surface area (Å²) in [7, 11) is 0. The minimum atomic E-state index is 0.226. The van der Waals surface area contributed by atoms with Gasteiger partial charge >= 0.3 is 0 Å². The van der Waals surface area contributed by atoms with Gasteiger partial charge in [-0.25, -0.2) is 4.99 Å². The van der Waals surface area contributed by atoms with Crippen molar-refractivity contribution < 1.29 is 5.11 Å². The second-order valence-electron chi connectivity index (χ2n) is 2.20. The van der Waals surface area contributed by atoms with E-state index in [0.717, 1.165) is 0 Å². The molecule has 2 rings (SSSR count). The van der Waals surface area contributed by atoms with Crippen molar-refractivity contribution in [1.29, 1.82) is 0 Å². The molecule has 0 aromatic heterocycles. The highest BCUT2D eigenvalue weighted by Gasteiger charge is 2.09. The topological polar surface area (TPSA) is 35.8 Å². The van der Waals surface area contributed by atoms with Crippen molar-refractivity contribution >= 4 is 5.84 Å². The van der Waals surface area contributed by atoms with Gasteiger partial charge in [0.15, 0.2) is 0 Å². The number of aliphatic imine (C=N–C) groups is 1. The number of fused-ring (bicyclic) bond motifs is 1. The van der Waals surface area contributed by atoms with Crippen molar-refractivity contribution in [2.45, 2.75) is 0 Å². The van der Waals surface area contributed by atoms with E-state index in [4.69, 9.17) is 5.11 Å². The number of rotatable bonds is 0. The first kappa shape index (κ1) is 6.01. The Labute approximate surface area is 64.0 Å². The van der Waals surface area contributed by atoms with E-state index < -0.39 is 0 Å². The molecule has 1 N–H and O–H groups in total. The molecule has 0 fully saturated rings. The Morgan fingerprint density at radius 1 is 1.55 bits per heavy atom. The van der Waals surface area contributed by atoms with Crippen LogP contribution >= 0.6 is 0 Å². The van der Waals surface area contributed by atoms with Crippen LogP contribution in [0.5, 0.6) is 0 Å². The molecule has 0 radical (unpaired) electrons. The fourth-order valence-electron chi connectivity index (χ4n) is 0.918. The summed E-state index contributed by atoms with van der Waals surface area (Å²) in [6.07, 6.45) is 8.24. The molecular formula is C8H6N2O. The summed E-state index contributed by atoms with van der Waals surface area (Å²) >= 11 is 0. The van der Waals surface area contributed by atoms with Gasteiger partial charge in [-0.15, -0.1) is 0 Å². The third kappa shape index (κ3) is 0.974. The Balaban J connectivity index is 2.44. The Morgan fingerprint density at radius 2 is 2.45 bits per heavy atom. The zero-order valence-corrected chi connectivity index (χ0v) is 5.73. The molecule has 2 aliphatic rings. The first-order valence-corrected chi connectivity index (χ1v) is 3.22. The number of hydrogen-bond acceptors (Lipinski definition) is 3. The molecule has 0 amide bonds. The van der Waals surface area contributed by atoms with E-state index in [2.05, 4.69) is 10.7 Å². The number of allylic oxidation sites excluding steroid dienone is 1. The highest BCUT2D eigenvalue weighted by atomic mass is 16.3. The molecule has 2 heterocycles. The van der Waals surface area contributed by atoms with Crippen LogP contribution in [-0.4, -0.2) is 15.8 Å². The lowest BCUT2D eigenvalue weighted by Crippen LogP contribution is -2.21. The molecule has 0 spiro atoms. The van der Waals surface area contributed by atoms with Gasteiger partial charge in [-0.3, -0.25) is 0 Å². The maximum Gasteiger partial charge on any atom is 0.141 e. The number of amidine groups is 1. The summed E-state index contributed by atoms with van der Waals surface area (Å²) in [6, 6.07) is 0. The molecule has 0 aromatic carbocycles. The summed E-state index contributed by atoms with van der Waals surface area (Å²) in [4.78, 5) is 5.77. The molecule has 3 nitrogen and oxygen atoms in total. The molecule has 0 saturated carbocycles. The van der Waals surface area contributed by atoms with Crippen molar-refractivity contribution in [3.05, 3.63) is 42.2 Å². The number of hydrogen-bond donors (Lipinski definition) is 1. The molecule has 3 heteroatoms. The Morgan fingerprint density at radius 3 is 3.36 bits per heavy atom. The van der Waals surface area contributed by atoms with Crippen molar-refractivity contribution in [2.75, 3.05) is 0 Å². The number of aliphatic hydroxyl groups is 1. The van der Waals surface area contributed by atoms with Crippen LogP contribution in [0.2, 0.25) is 0 Å². The smallest absolute Gasteiger partial charge is 0.141 e. The van der Waals surface area contributed by atoms with E-state index in [1.54, 1.807) is 35.7 Å². The fraction of sp³-hybridized carbons (Fsp3) is 0. The Bertz CT molecular complexity index is 327. The van der Waals surface area contributed by atoms with Crippen LogP contribution in [-0.2, 0) is 0 Å². The predicted octanol–water partition coefficient (Wildman–Crippen LogP) is 1.30. The summed E-state index contributed by atoms with van der Waals surface area (Å²) in [5, 5.41) is 9.07. The molecule has 0 atom stereocenters. The van der Waals surface area contributed by atoms with Crippen LogP contribution < -0.4 is 0 Å². The highest BCUT2D eigenvalue weighted by molar-refractivity contribution is 5.96. The van der Waals surface area contributed by atoms with E-state index in [0.29, 0.717) is 5.84 Å². The SMILES string of the molecule is OC1=CC2=NC=C=CN2C=C1. The Hall–Kier alpha value is -1.73. The fourth-order valence-corrected chi connectivity index (χ4v) is 0.918. The van der Waals surface area contributed by atoms with E-state index in [1.165, 1.54) is 0 Å². The summed E-state index contributed by atoms with van der Waals surface area (Å²) < 4.78 is 0. The van der Waals surface area contributed by atoms with Gasteiger partial charge in [0.2, 0.25) is 0 Å². The van der Waals surface area contributed by atoms with Gasteiger partial charge in [0.25, 0.3) is 0 Å². The van der Waals surface area contributed by atoms with Gasteiger partial charge in [-0.2, -0.15) is 0 Å². The normalized spacial score (nSPS) is 19.5. The lowest BCUT2D eigenvalue weighted by atomic mass is 10.3. The van der Waals surface area contributed by atoms with Crippen LogP contribution in [0, 0.1) is 0 Å². The highest BCUT2D eigenvalue weighted by Crippen LogP contribution is 2.09. The number of nitrogens with zero attached hydrogens (tertiary/aromatic N) is 2. The maximum absolute atomic E-state index is 9.07. The van der Waals surface area contributed by atoms with Gasteiger partial charge in [0.1, 0.15) is 11.6 Å². The quantitative estimate of drug-likeness (QED) is 0.523. The minimum Gasteiger partial charge on any atom is -0.508 e. The average Bonchev–Trinajstić information content (AvgIpc) is 2.04. The third-order valence-corrected chi connectivity index (χ3v) is 1.43. The van der Waals surface area contributed by atoms with Crippen LogP contribution in [0.25, 0.3) is 0 Å². The zero-order chi connectivity index (χ0) is 7.68. The van der Waals surface area contributed by atoms with Crippen LogP contribution in [0.4, 0.5) is 0 Å². The molecule has 0 aromatic rings. The van der Waals surface area contributed by atoms with Gasteiger partial charge in [0.05, 0.1) is 12.4 Å². The van der Waals surface area contributed by atoms with Crippen molar-refractivity contribution in [2.24, 2.45) is 4.99 Å². The third-order valence-electron chi connectivity index (χ3n) is 1.43. The molecule has 0 aliphatic carbocycles. The van der Waals surface area contributed by atoms with Gasteiger partial charge in [0, 0.05) is 12.3 Å².